The third-order valence-corrected chi connectivity index (χ3v) is 4.02. The normalized spacial score (nSPS) is 10.8. The molecule has 130 valence electrons. The molecule has 1 N–H and O–H groups in total. The molecule has 0 aliphatic carbocycles. The molecule has 24 heavy (non-hydrogen) atoms. The third-order valence-electron chi connectivity index (χ3n) is 3.14. The van der Waals surface area contributed by atoms with Crippen LogP contribution in [-0.2, 0) is 6.54 Å². The average Bonchev–Trinajstić information content (AvgIpc) is 2.52. The molecule has 0 spiro atoms. The second-order valence-electron chi connectivity index (χ2n) is 5.49. The Morgan fingerprint density at radius 1 is 1.25 bits per heavy atom. The summed E-state index contributed by atoms with van der Waals surface area (Å²) in [5.41, 5.74) is 1.75. The van der Waals surface area contributed by atoms with E-state index >= 15 is 0 Å². The van der Waals surface area contributed by atoms with Crippen molar-refractivity contribution in [2.24, 2.45) is 0 Å². The fourth-order valence-corrected chi connectivity index (χ4v) is 2.91. The topological polar surface area (TPSA) is 30.5 Å². The summed E-state index contributed by atoms with van der Waals surface area (Å²) in [4.78, 5) is 0. The van der Waals surface area contributed by atoms with Crippen LogP contribution in [0.3, 0.4) is 0 Å². The van der Waals surface area contributed by atoms with Gasteiger partial charge >= 0.3 is 0 Å². The molecular weight excluding hydrogens is 397 g/mol. The molecule has 0 saturated heterocycles. The molecule has 0 saturated carbocycles. The first-order valence-corrected chi connectivity index (χ1v) is 8.88. The van der Waals surface area contributed by atoms with Crippen molar-refractivity contribution in [3.63, 3.8) is 0 Å². The molecule has 2 rings (SSSR count). The Hall–Kier alpha value is -1.46. The Labute approximate surface area is 155 Å². The molecule has 0 aromatic heterocycles. The predicted molar refractivity (Wildman–Crippen MR) is 99.8 cm³/mol. The molecule has 0 unspecified atom stereocenters. The number of benzene rings is 2. The molecule has 0 atom stereocenters. The van der Waals surface area contributed by atoms with Gasteiger partial charge in [0.15, 0.2) is 11.5 Å². The standard InChI is InChI=1S/C18H20BrClFNO2/c1-4-23-17-8-12(7-14(19)18(17)24-11(2)3)10-22-13-5-6-16(21)15(20)9-13/h5-9,11,22H,4,10H2,1-3H3. The van der Waals surface area contributed by atoms with E-state index in [-0.39, 0.29) is 11.1 Å². The quantitative estimate of drug-likeness (QED) is 0.597. The molecule has 3 nitrogen and oxygen atoms in total. The van der Waals surface area contributed by atoms with Gasteiger partial charge in [-0.05, 0) is 72.6 Å². The average molecular weight is 417 g/mol. The van der Waals surface area contributed by atoms with Gasteiger partial charge in [0.1, 0.15) is 5.82 Å². The number of halogens is 3. The van der Waals surface area contributed by atoms with Gasteiger partial charge < -0.3 is 14.8 Å². The van der Waals surface area contributed by atoms with Gasteiger partial charge in [0.2, 0.25) is 0 Å². The number of hydrogen-bond acceptors (Lipinski definition) is 3. The molecule has 2 aromatic carbocycles. The first-order valence-electron chi connectivity index (χ1n) is 7.71. The van der Waals surface area contributed by atoms with Gasteiger partial charge in [0, 0.05) is 12.2 Å². The van der Waals surface area contributed by atoms with Gasteiger partial charge in [-0.3, -0.25) is 0 Å². The lowest BCUT2D eigenvalue weighted by Gasteiger charge is -2.18. The second-order valence-corrected chi connectivity index (χ2v) is 6.75. The monoisotopic (exact) mass is 415 g/mol. The zero-order valence-electron chi connectivity index (χ0n) is 13.8. The van der Waals surface area contributed by atoms with Crippen molar-refractivity contribution < 1.29 is 13.9 Å². The highest BCUT2D eigenvalue weighted by Gasteiger charge is 2.13. The van der Waals surface area contributed by atoms with Crippen LogP contribution in [0.1, 0.15) is 26.3 Å². The molecule has 0 aliphatic heterocycles. The lowest BCUT2D eigenvalue weighted by atomic mass is 10.2. The molecule has 0 fully saturated rings. The van der Waals surface area contributed by atoms with Crippen LogP contribution >= 0.6 is 27.5 Å². The Morgan fingerprint density at radius 3 is 2.62 bits per heavy atom. The lowest BCUT2D eigenvalue weighted by Crippen LogP contribution is -2.09. The van der Waals surface area contributed by atoms with E-state index in [0.29, 0.717) is 24.7 Å². The molecule has 0 aliphatic rings. The maximum absolute atomic E-state index is 13.2. The third kappa shape index (κ3) is 5.02. The van der Waals surface area contributed by atoms with Crippen LogP contribution in [-0.4, -0.2) is 12.7 Å². The van der Waals surface area contributed by atoms with Crippen LogP contribution in [0.4, 0.5) is 10.1 Å². The van der Waals surface area contributed by atoms with Gasteiger partial charge in [-0.2, -0.15) is 0 Å². The van der Waals surface area contributed by atoms with Crippen LogP contribution in [0.25, 0.3) is 0 Å². The van der Waals surface area contributed by atoms with Crippen molar-refractivity contribution in [1.29, 1.82) is 0 Å². The van der Waals surface area contributed by atoms with E-state index in [1.54, 1.807) is 12.1 Å². The van der Waals surface area contributed by atoms with E-state index in [0.717, 1.165) is 15.7 Å². The van der Waals surface area contributed by atoms with Gasteiger partial charge in [-0.15, -0.1) is 0 Å². The van der Waals surface area contributed by atoms with Crippen LogP contribution in [0.5, 0.6) is 11.5 Å². The van der Waals surface area contributed by atoms with Gasteiger partial charge in [0.25, 0.3) is 0 Å². The van der Waals surface area contributed by atoms with Gasteiger partial charge in [-0.25, -0.2) is 4.39 Å². The minimum atomic E-state index is -0.432. The highest BCUT2D eigenvalue weighted by molar-refractivity contribution is 9.10. The van der Waals surface area contributed by atoms with E-state index in [9.17, 15) is 4.39 Å². The van der Waals surface area contributed by atoms with Gasteiger partial charge in [-0.1, -0.05) is 11.6 Å². The summed E-state index contributed by atoms with van der Waals surface area (Å²) in [5, 5.41) is 3.31. The summed E-state index contributed by atoms with van der Waals surface area (Å²) in [6.07, 6.45) is 0.0471. The summed E-state index contributed by atoms with van der Waals surface area (Å²) >= 11 is 9.34. The SMILES string of the molecule is CCOc1cc(CNc2ccc(F)c(Cl)c2)cc(Br)c1OC(C)C. The zero-order valence-corrected chi connectivity index (χ0v) is 16.2. The van der Waals surface area contributed by atoms with Gasteiger partial charge in [0.05, 0.1) is 22.2 Å². The summed E-state index contributed by atoms with van der Waals surface area (Å²) in [6, 6.07) is 8.45. The minimum absolute atomic E-state index is 0.0471. The van der Waals surface area contributed by atoms with E-state index in [2.05, 4.69) is 21.2 Å². The van der Waals surface area contributed by atoms with Crippen molar-refractivity contribution in [3.8, 4) is 11.5 Å². The largest absolute Gasteiger partial charge is 0.490 e. The van der Waals surface area contributed by atoms with Crippen LogP contribution < -0.4 is 14.8 Å². The van der Waals surface area contributed by atoms with Crippen molar-refractivity contribution in [2.45, 2.75) is 33.4 Å². The van der Waals surface area contributed by atoms with E-state index in [1.165, 1.54) is 6.07 Å². The maximum atomic E-state index is 13.2. The zero-order chi connectivity index (χ0) is 17.7. The fourth-order valence-electron chi connectivity index (χ4n) is 2.15. The molecule has 0 heterocycles. The Bertz CT molecular complexity index is 710. The highest BCUT2D eigenvalue weighted by atomic mass is 79.9. The number of nitrogens with one attached hydrogen (secondary N) is 1. The van der Waals surface area contributed by atoms with E-state index < -0.39 is 5.82 Å². The highest BCUT2D eigenvalue weighted by Crippen LogP contribution is 2.37. The van der Waals surface area contributed by atoms with Crippen LogP contribution in [0.15, 0.2) is 34.8 Å². The van der Waals surface area contributed by atoms with Crippen molar-refractivity contribution >= 4 is 33.2 Å². The summed E-state index contributed by atoms with van der Waals surface area (Å²) < 4.78 is 25.6. The number of anilines is 1. The molecule has 2 aromatic rings. The Kier molecular flexibility index (Phi) is 6.75. The number of rotatable bonds is 7. The summed E-state index contributed by atoms with van der Waals surface area (Å²) in [6.45, 7) is 6.96. The fraction of sp³-hybridized carbons (Fsp3) is 0.333. The first-order chi connectivity index (χ1) is 11.4. The number of ether oxygens (including phenoxy) is 2. The lowest BCUT2D eigenvalue weighted by molar-refractivity contribution is 0.222. The molecule has 0 amide bonds. The Morgan fingerprint density at radius 2 is 2.00 bits per heavy atom. The molecule has 0 bridgehead atoms. The van der Waals surface area contributed by atoms with Crippen molar-refractivity contribution in [2.75, 3.05) is 11.9 Å². The van der Waals surface area contributed by atoms with Crippen molar-refractivity contribution in [3.05, 3.63) is 51.2 Å². The summed E-state index contributed by atoms with van der Waals surface area (Å²) in [5.74, 6) is 0.953. The first kappa shape index (κ1) is 18.9. The van der Waals surface area contributed by atoms with Crippen molar-refractivity contribution in [1.82, 2.24) is 0 Å². The summed E-state index contributed by atoms with van der Waals surface area (Å²) in [7, 11) is 0. The minimum Gasteiger partial charge on any atom is -0.490 e. The maximum Gasteiger partial charge on any atom is 0.175 e. The van der Waals surface area contributed by atoms with Crippen LogP contribution in [0, 0.1) is 5.82 Å². The predicted octanol–water partition coefficient (Wildman–Crippen LogP) is 6.04. The second kappa shape index (κ2) is 8.58. The van der Waals surface area contributed by atoms with E-state index in [1.807, 2.05) is 32.9 Å². The number of hydrogen-bond donors (Lipinski definition) is 1. The molecule has 0 radical (unpaired) electrons. The Balaban J connectivity index is 2.19. The molecule has 6 heteroatoms. The smallest absolute Gasteiger partial charge is 0.175 e. The molecular formula is C18H20BrClFNO2. The van der Waals surface area contributed by atoms with Crippen LogP contribution in [0.2, 0.25) is 5.02 Å². The van der Waals surface area contributed by atoms with E-state index in [4.69, 9.17) is 21.1 Å².